The minimum atomic E-state index is -0.263. The fourth-order valence-electron chi connectivity index (χ4n) is 0.874. The van der Waals surface area contributed by atoms with Gasteiger partial charge >= 0.3 is 0 Å². The fourth-order valence-corrected chi connectivity index (χ4v) is 1.40. The van der Waals surface area contributed by atoms with Gasteiger partial charge in [-0.05, 0) is 12.1 Å². The summed E-state index contributed by atoms with van der Waals surface area (Å²) in [6.07, 6.45) is 3.12. The monoisotopic (exact) mass is 206 g/mol. The van der Waals surface area contributed by atoms with Crippen molar-refractivity contribution in [2.45, 2.75) is 0 Å². The number of rotatable bonds is 2. The van der Waals surface area contributed by atoms with E-state index in [1.54, 1.807) is 29.9 Å². The van der Waals surface area contributed by atoms with Gasteiger partial charge in [0, 0.05) is 17.8 Å². The molecular formula is C8H6N4OS. The van der Waals surface area contributed by atoms with Gasteiger partial charge < -0.3 is 5.32 Å². The zero-order chi connectivity index (χ0) is 9.80. The molecule has 6 heteroatoms. The third-order valence-corrected chi connectivity index (χ3v) is 2.21. The average Bonchev–Trinajstić information content (AvgIpc) is 2.72. The number of amides is 1. The SMILES string of the molecule is O=C(Nc1cccnn1)c1nccs1. The highest BCUT2D eigenvalue weighted by Gasteiger charge is 2.08. The summed E-state index contributed by atoms with van der Waals surface area (Å²) in [4.78, 5) is 15.3. The summed E-state index contributed by atoms with van der Waals surface area (Å²) in [6, 6.07) is 3.36. The lowest BCUT2D eigenvalue weighted by atomic mass is 10.5. The number of hydrogen-bond acceptors (Lipinski definition) is 5. The molecule has 0 aliphatic carbocycles. The van der Waals surface area contributed by atoms with E-state index in [4.69, 9.17) is 0 Å². The number of aromatic nitrogens is 3. The van der Waals surface area contributed by atoms with Crippen LogP contribution < -0.4 is 5.32 Å². The van der Waals surface area contributed by atoms with Gasteiger partial charge in [0.05, 0.1) is 0 Å². The molecule has 70 valence electrons. The molecule has 1 amide bonds. The smallest absolute Gasteiger partial charge is 0.285 e. The molecule has 14 heavy (non-hydrogen) atoms. The predicted molar refractivity (Wildman–Crippen MR) is 52.1 cm³/mol. The highest BCUT2D eigenvalue weighted by molar-refractivity contribution is 7.11. The number of carbonyl (C=O) groups is 1. The molecule has 0 bridgehead atoms. The van der Waals surface area contributed by atoms with Crippen molar-refractivity contribution in [3.8, 4) is 0 Å². The molecule has 0 atom stereocenters. The lowest BCUT2D eigenvalue weighted by molar-refractivity contribution is 0.102. The van der Waals surface area contributed by atoms with Crippen molar-refractivity contribution in [3.63, 3.8) is 0 Å². The first kappa shape index (κ1) is 8.76. The van der Waals surface area contributed by atoms with Gasteiger partial charge in [0.1, 0.15) is 0 Å². The Morgan fingerprint density at radius 1 is 1.43 bits per heavy atom. The molecule has 0 unspecified atom stereocenters. The Kier molecular flexibility index (Phi) is 2.46. The standard InChI is InChI=1S/C8H6N4OS/c13-7(8-9-4-5-14-8)11-6-2-1-3-10-12-6/h1-5H,(H,11,12,13). The maximum atomic E-state index is 11.4. The van der Waals surface area contributed by atoms with Gasteiger partial charge in [-0.1, -0.05) is 0 Å². The molecule has 0 fully saturated rings. The normalized spacial score (nSPS) is 9.71. The van der Waals surface area contributed by atoms with Crippen LogP contribution >= 0.6 is 11.3 Å². The van der Waals surface area contributed by atoms with Crippen LogP contribution in [0, 0.1) is 0 Å². The van der Waals surface area contributed by atoms with E-state index in [-0.39, 0.29) is 5.91 Å². The maximum absolute atomic E-state index is 11.4. The number of hydrogen-bond donors (Lipinski definition) is 1. The summed E-state index contributed by atoms with van der Waals surface area (Å²) in [6.45, 7) is 0. The first-order chi connectivity index (χ1) is 6.86. The van der Waals surface area contributed by atoms with Crippen molar-refractivity contribution >= 4 is 23.1 Å². The Labute approximate surface area is 83.8 Å². The van der Waals surface area contributed by atoms with Gasteiger partial charge in [-0.15, -0.1) is 16.4 Å². The van der Waals surface area contributed by atoms with E-state index in [0.29, 0.717) is 10.8 Å². The molecule has 0 aliphatic rings. The molecule has 5 nitrogen and oxygen atoms in total. The molecule has 0 saturated heterocycles. The molecule has 2 aromatic heterocycles. The predicted octanol–water partition coefficient (Wildman–Crippen LogP) is 1.19. The van der Waals surface area contributed by atoms with Crippen molar-refractivity contribution in [3.05, 3.63) is 34.9 Å². The van der Waals surface area contributed by atoms with Crippen LogP contribution in [0.4, 0.5) is 5.82 Å². The summed E-state index contributed by atoms with van der Waals surface area (Å²) < 4.78 is 0. The molecule has 0 saturated carbocycles. The second-order valence-corrected chi connectivity index (χ2v) is 3.29. The van der Waals surface area contributed by atoms with Gasteiger partial charge in [0.25, 0.3) is 5.91 Å². The van der Waals surface area contributed by atoms with Gasteiger partial charge in [-0.3, -0.25) is 4.79 Å². The van der Waals surface area contributed by atoms with Crippen molar-refractivity contribution < 1.29 is 4.79 Å². The zero-order valence-corrected chi connectivity index (χ0v) is 7.86. The molecule has 0 spiro atoms. The summed E-state index contributed by atoms with van der Waals surface area (Å²) in [5, 5.41) is 12.1. The molecule has 0 aromatic carbocycles. The van der Waals surface area contributed by atoms with Gasteiger partial charge in [0.2, 0.25) is 0 Å². The van der Waals surface area contributed by atoms with Crippen LogP contribution in [-0.4, -0.2) is 21.1 Å². The number of thiazole rings is 1. The molecule has 2 rings (SSSR count). The summed E-state index contributed by atoms with van der Waals surface area (Å²) in [5.41, 5.74) is 0. The highest BCUT2D eigenvalue weighted by Crippen LogP contribution is 2.07. The summed E-state index contributed by atoms with van der Waals surface area (Å²) in [5.74, 6) is 0.160. The van der Waals surface area contributed by atoms with Crippen LogP contribution in [-0.2, 0) is 0 Å². The van der Waals surface area contributed by atoms with Crippen molar-refractivity contribution in [1.82, 2.24) is 15.2 Å². The Hall–Kier alpha value is -1.82. The lowest BCUT2D eigenvalue weighted by Crippen LogP contribution is -2.12. The van der Waals surface area contributed by atoms with E-state index in [1.807, 2.05) is 0 Å². The van der Waals surface area contributed by atoms with Crippen LogP contribution in [0.2, 0.25) is 0 Å². The third kappa shape index (κ3) is 1.91. The van der Waals surface area contributed by atoms with E-state index >= 15 is 0 Å². The topological polar surface area (TPSA) is 67.8 Å². The Morgan fingerprint density at radius 3 is 3.00 bits per heavy atom. The van der Waals surface area contributed by atoms with E-state index in [9.17, 15) is 4.79 Å². The van der Waals surface area contributed by atoms with E-state index in [1.165, 1.54) is 11.3 Å². The summed E-state index contributed by atoms with van der Waals surface area (Å²) >= 11 is 1.28. The van der Waals surface area contributed by atoms with E-state index in [2.05, 4.69) is 20.5 Å². The van der Waals surface area contributed by atoms with Gasteiger partial charge in [-0.25, -0.2) is 4.98 Å². The Balaban J connectivity index is 2.10. The van der Waals surface area contributed by atoms with Crippen LogP contribution in [0.3, 0.4) is 0 Å². The minimum Gasteiger partial charge on any atom is -0.303 e. The molecule has 2 aromatic rings. The largest absolute Gasteiger partial charge is 0.303 e. The van der Waals surface area contributed by atoms with Crippen molar-refractivity contribution in [2.75, 3.05) is 5.32 Å². The number of carbonyl (C=O) groups excluding carboxylic acids is 1. The number of nitrogens with one attached hydrogen (secondary N) is 1. The number of anilines is 1. The first-order valence-corrected chi connectivity index (χ1v) is 4.73. The fraction of sp³-hybridized carbons (Fsp3) is 0. The minimum absolute atomic E-state index is 0.263. The van der Waals surface area contributed by atoms with Crippen LogP contribution in [0.1, 0.15) is 9.80 Å². The zero-order valence-electron chi connectivity index (χ0n) is 7.04. The van der Waals surface area contributed by atoms with Gasteiger partial charge in [0.15, 0.2) is 10.8 Å². The van der Waals surface area contributed by atoms with Crippen LogP contribution in [0.25, 0.3) is 0 Å². The van der Waals surface area contributed by atoms with Crippen LogP contribution in [0.5, 0.6) is 0 Å². The second kappa shape index (κ2) is 3.93. The van der Waals surface area contributed by atoms with Crippen molar-refractivity contribution in [1.29, 1.82) is 0 Å². The third-order valence-electron chi connectivity index (χ3n) is 1.44. The molecule has 0 radical (unpaired) electrons. The van der Waals surface area contributed by atoms with Gasteiger partial charge in [-0.2, -0.15) is 5.10 Å². The molecule has 1 N–H and O–H groups in total. The molecule has 2 heterocycles. The lowest BCUT2D eigenvalue weighted by Gasteiger charge is -1.98. The van der Waals surface area contributed by atoms with E-state index in [0.717, 1.165) is 0 Å². The van der Waals surface area contributed by atoms with Crippen LogP contribution in [0.15, 0.2) is 29.9 Å². The Bertz CT molecular complexity index is 414. The Morgan fingerprint density at radius 2 is 2.36 bits per heavy atom. The van der Waals surface area contributed by atoms with E-state index < -0.39 is 0 Å². The second-order valence-electron chi connectivity index (χ2n) is 2.40. The first-order valence-electron chi connectivity index (χ1n) is 3.85. The molecular weight excluding hydrogens is 200 g/mol. The maximum Gasteiger partial charge on any atom is 0.285 e. The summed E-state index contributed by atoms with van der Waals surface area (Å²) in [7, 11) is 0. The van der Waals surface area contributed by atoms with Crippen molar-refractivity contribution in [2.24, 2.45) is 0 Å². The number of nitrogens with zero attached hydrogens (tertiary/aromatic N) is 3. The highest BCUT2D eigenvalue weighted by atomic mass is 32.1. The molecule has 0 aliphatic heterocycles. The quantitative estimate of drug-likeness (QED) is 0.801. The average molecular weight is 206 g/mol.